The van der Waals surface area contributed by atoms with Crippen LogP contribution in [0.1, 0.15) is 24.6 Å². The normalized spacial score (nSPS) is 14.9. The van der Waals surface area contributed by atoms with Gasteiger partial charge in [0.25, 0.3) is 0 Å². The van der Waals surface area contributed by atoms with Crippen LogP contribution < -0.4 is 11.1 Å². The Morgan fingerprint density at radius 2 is 2.24 bits per heavy atom. The van der Waals surface area contributed by atoms with Crippen LogP contribution in [-0.2, 0) is 0 Å². The highest BCUT2D eigenvalue weighted by atomic mass is 35.5. The first-order chi connectivity index (χ1) is 8.22. The fourth-order valence-electron chi connectivity index (χ4n) is 1.55. The van der Waals surface area contributed by atoms with Crippen LogP contribution in [0.25, 0.3) is 0 Å². The zero-order valence-electron chi connectivity index (χ0n) is 8.98. The predicted molar refractivity (Wildman–Crippen MR) is 71.0 cm³/mol. The van der Waals surface area contributed by atoms with Gasteiger partial charge in [0.1, 0.15) is 5.82 Å². The Hall–Kier alpha value is -1.33. The lowest BCUT2D eigenvalue weighted by atomic mass is 10.3. The van der Waals surface area contributed by atoms with E-state index >= 15 is 0 Å². The fourth-order valence-corrected chi connectivity index (χ4v) is 2.37. The van der Waals surface area contributed by atoms with Crippen LogP contribution in [0.3, 0.4) is 0 Å². The number of nitrogen functional groups attached to an aromatic ring is 1. The predicted octanol–water partition coefficient (Wildman–Crippen LogP) is 3.39. The molecule has 1 heterocycles. The number of rotatable bonds is 3. The summed E-state index contributed by atoms with van der Waals surface area (Å²) in [6, 6.07) is 5.33. The molecule has 3 rings (SSSR count). The molecule has 0 aliphatic heterocycles. The molecule has 0 radical (unpaired) electrons. The Bertz CT molecular complexity index is 550. The molecule has 2 aromatic rings. The summed E-state index contributed by atoms with van der Waals surface area (Å²) < 4.78 is 4.32. The Morgan fingerprint density at radius 3 is 3.00 bits per heavy atom. The molecular formula is C11H11ClN4S. The molecule has 4 nitrogen and oxygen atoms in total. The highest BCUT2D eigenvalue weighted by Gasteiger charge is 2.27. The summed E-state index contributed by atoms with van der Waals surface area (Å²) in [7, 11) is 0. The van der Waals surface area contributed by atoms with Gasteiger partial charge in [-0.3, -0.25) is 0 Å². The maximum atomic E-state index is 6.07. The van der Waals surface area contributed by atoms with Gasteiger partial charge >= 0.3 is 0 Å². The second-order valence-electron chi connectivity index (χ2n) is 4.10. The standard InChI is InChI=1S/C11H11ClN4S/c12-8-4-3-7(13)5-9(8)14-11-15-10(16-17-11)6-1-2-6/h3-6H,1-2,13H2,(H,14,15,16). The third-order valence-electron chi connectivity index (χ3n) is 2.62. The Kier molecular flexibility index (Phi) is 2.64. The quantitative estimate of drug-likeness (QED) is 0.836. The minimum absolute atomic E-state index is 0.568. The van der Waals surface area contributed by atoms with E-state index in [0.717, 1.165) is 16.6 Å². The van der Waals surface area contributed by atoms with E-state index in [1.807, 2.05) is 0 Å². The van der Waals surface area contributed by atoms with E-state index in [2.05, 4.69) is 14.7 Å². The van der Waals surface area contributed by atoms with Gasteiger partial charge in [0.15, 0.2) is 0 Å². The molecule has 88 valence electrons. The second kappa shape index (κ2) is 4.16. The van der Waals surface area contributed by atoms with E-state index in [4.69, 9.17) is 17.3 Å². The van der Waals surface area contributed by atoms with Crippen molar-refractivity contribution in [3.8, 4) is 0 Å². The summed E-state index contributed by atoms with van der Waals surface area (Å²) in [6.45, 7) is 0. The number of hydrogen-bond acceptors (Lipinski definition) is 5. The molecule has 1 aliphatic rings. The van der Waals surface area contributed by atoms with Crippen LogP contribution in [0, 0.1) is 0 Å². The van der Waals surface area contributed by atoms with Crippen LogP contribution in [0.5, 0.6) is 0 Å². The molecule has 0 spiro atoms. The lowest BCUT2D eigenvalue weighted by molar-refractivity contribution is 0.987. The number of anilines is 3. The zero-order chi connectivity index (χ0) is 11.8. The number of nitrogens with zero attached hydrogens (tertiary/aromatic N) is 2. The molecule has 1 saturated carbocycles. The first-order valence-corrected chi connectivity index (χ1v) is 6.53. The van der Waals surface area contributed by atoms with E-state index in [9.17, 15) is 0 Å². The van der Waals surface area contributed by atoms with Crippen molar-refractivity contribution < 1.29 is 0 Å². The number of benzene rings is 1. The van der Waals surface area contributed by atoms with Crippen LogP contribution in [0.15, 0.2) is 18.2 Å². The number of hydrogen-bond donors (Lipinski definition) is 2. The van der Waals surface area contributed by atoms with Crippen molar-refractivity contribution in [3.05, 3.63) is 29.0 Å². The molecule has 0 bridgehead atoms. The molecule has 1 aromatic heterocycles. The smallest absolute Gasteiger partial charge is 0.207 e. The Morgan fingerprint density at radius 1 is 1.41 bits per heavy atom. The molecule has 1 fully saturated rings. The Labute approximate surface area is 108 Å². The van der Waals surface area contributed by atoms with Crippen molar-refractivity contribution in [1.29, 1.82) is 0 Å². The lowest BCUT2D eigenvalue weighted by Gasteiger charge is -2.05. The van der Waals surface area contributed by atoms with Crippen molar-refractivity contribution in [2.75, 3.05) is 11.1 Å². The van der Waals surface area contributed by atoms with Crippen molar-refractivity contribution in [2.45, 2.75) is 18.8 Å². The van der Waals surface area contributed by atoms with Gasteiger partial charge in [-0.15, -0.1) is 0 Å². The van der Waals surface area contributed by atoms with E-state index in [1.165, 1.54) is 24.4 Å². The largest absolute Gasteiger partial charge is 0.399 e. The summed E-state index contributed by atoms with van der Waals surface area (Å²) in [5.74, 6) is 1.51. The van der Waals surface area contributed by atoms with Crippen molar-refractivity contribution in [2.24, 2.45) is 0 Å². The average molecular weight is 267 g/mol. The van der Waals surface area contributed by atoms with Gasteiger partial charge in [0.2, 0.25) is 5.13 Å². The fraction of sp³-hybridized carbons (Fsp3) is 0.273. The summed E-state index contributed by atoms with van der Waals surface area (Å²) in [5, 5.41) is 4.54. The van der Waals surface area contributed by atoms with E-state index in [-0.39, 0.29) is 0 Å². The number of halogens is 1. The lowest BCUT2D eigenvalue weighted by Crippen LogP contribution is -1.93. The number of aromatic nitrogens is 2. The third-order valence-corrected chi connectivity index (χ3v) is 3.59. The van der Waals surface area contributed by atoms with Gasteiger partial charge in [-0.25, -0.2) is 4.98 Å². The van der Waals surface area contributed by atoms with Crippen LogP contribution in [-0.4, -0.2) is 9.36 Å². The molecule has 1 aliphatic carbocycles. The van der Waals surface area contributed by atoms with Gasteiger partial charge in [-0.05, 0) is 31.0 Å². The second-order valence-corrected chi connectivity index (χ2v) is 5.26. The zero-order valence-corrected chi connectivity index (χ0v) is 10.6. The summed E-state index contributed by atoms with van der Waals surface area (Å²) in [6.07, 6.45) is 2.41. The molecule has 0 unspecified atom stereocenters. The van der Waals surface area contributed by atoms with E-state index < -0.39 is 0 Å². The summed E-state index contributed by atoms with van der Waals surface area (Å²) in [4.78, 5) is 4.44. The Balaban J connectivity index is 1.82. The minimum Gasteiger partial charge on any atom is -0.399 e. The average Bonchev–Trinajstić information content (AvgIpc) is 3.05. The molecule has 6 heteroatoms. The molecule has 0 atom stereocenters. The van der Waals surface area contributed by atoms with Crippen molar-refractivity contribution in [1.82, 2.24) is 9.36 Å². The minimum atomic E-state index is 0.568. The van der Waals surface area contributed by atoms with Gasteiger partial charge in [-0.2, -0.15) is 4.37 Å². The summed E-state index contributed by atoms with van der Waals surface area (Å²) in [5.41, 5.74) is 7.15. The van der Waals surface area contributed by atoms with E-state index in [1.54, 1.807) is 18.2 Å². The topological polar surface area (TPSA) is 63.8 Å². The molecule has 0 saturated heterocycles. The van der Waals surface area contributed by atoms with Crippen molar-refractivity contribution >= 4 is 39.6 Å². The van der Waals surface area contributed by atoms with Crippen LogP contribution >= 0.6 is 23.1 Å². The third kappa shape index (κ3) is 2.35. The highest BCUT2D eigenvalue weighted by Crippen LogP contribution is 2.39. The maximum Gasteiger partial charge on any atom is 0.207 e. The SMILES string of the molecule is Nc1ccc(Cl)c(Nc2nc(C3CC3)ns2)c1. The molecule has 1 aromatic carbocycles. The van der Waals surface area contributed by atoms with Crippen LogP contribution in [0.2, 0.25) is 5.02 Å². The van der Waals surface area contributed by atoms with Gasteiger partial charge < -0.3 is 11.1 Å². The molecular weight excluding hydrogens is 256 g/mol. The molecule has 0 amide bonds. The van der Waals surface area contributed by atoms with Gasteiger partial charge in [0, 0.05) is 23.1 Å². The van der Waals surface area contributed by atoms with Crippen molar-refractivity contribution in [3.63, 3.8) is 0 Å². The summed E-state index contributed by atoms with van der Waals surface area (Å²) >= 11 is 7.42. The molecule has 17 heavy (non-hydrogen) atoms. The monoisotopic (exact) mass is 266 g/mol. The number of nitrogens with one attached hydrogen (secondary N) is 1. The maximum absolute atomic E-state index is 6.07. The van der Waals surface area contributed by atoms with Gasteiger partial charge in [-0.1, -0.05) is 11.6 Å². The van der Waals surface area contributed by atoms with E-state index in [0.29, 0.717) is 16.6 Å². The van der Waals surface area contributed by atoms with Gasteiger partial charge in [0.05, 0.1) is 10.7 Å². The first kappa shape index (κ1) is 10.8. The van der Waals surface area contributed by atoms with Crippen LogP contribution in [0.4, 0.5) is 16.5 Å². The molecule has 3 N–H and O–H groups in total. The first-order valence-electron chi connectivity index (χ1n) is 5.38. The number of nitrogens with two attached hydrogens (primary N) is 1. The highest BCUT2D eigenvalue weighted by molar-refractivity contribution is 7.09.